The van der Waals surface area contributed by atoms with E-state index < -0.39 is 6.10 Å². The lowest BCUT2D eigenvalue weighted by Crippen LogP contribution is -2.07. The highest BCUT2D eigenvalue weighted by atomic mass is 32.1. The second kappa shape index (κ2) is 5.54. The molecule has 0 saturated carbocycles. The van der Waals surface area contributed by atoms with E-state index in [1.165, 1.54) is 11.3 Å². The average Bonchev–Trinajstić information content (AvgIpc) is 2.95. The van der Waals surface area contributed by atoms with Gasteiger partial charge in [-0.05, 0) is 26.0 Å². The van der Waals surface area contributed by atoms with E-state index in [1.54, 1.807) is 7.11 Å². The number of ether oxygens (including phenoxy) is 1. The highest BCUT2D eigenvalue weighted by molar-refractivity contribution is 7.10. The van der Waals surface area contributed by atoms with Crippen molar-refractivity contribution in [2.45, 2.75) is 32.9 Å². The third kappa shape index (κ3) is 2.73. The van der Waals surface area contributed by atoms with Crippen molar-refractivity contribution in [2.75, 3.05) is 7.11 Å². The molecule has 0 saturated heterocycles. The Bertz CT molecular complexity index is 519. The third-order valence-electron chi connectivity index (χ3n) is 2.85. The molecule has 0 spiro atoms. The Morgan fingerprint density at radius 1 is 1.50 bits per heavy atom. The molecule has 5 heteroatoms. The first-order valence-corrected chi connectivity index (χ1v) is 6.85. The van der Waals surface area contributed by atoms with Crippen LogP contribution in [0.1, 0.15) is 29.3 Å². The van der Waals surface area contributed by atoms with Gasteiger partial charge in [0.15, 0.2) is 0 Å². The zero-order chi connectivity index (χ0) is 13.1. The van der Waals surface area contributed by atoms with Gasteiger partial charge in [0.2, 0.25) is 0 Å². The number of rotatable bonds is 5. The zero-order valence-corrected chi connectivity index (χ0v) is 11.7. The van der Waals surface area contributed by atoms with Crippen LogP contribution in [0.25, 0.3) is 0 Å². The summed E-state index contributed by atoms with van der Waals surface area (Å²) in [6, 6.07) is 3.91. The first-order chi connectivity index (χ1) is 8.63. The van der Waals surface area contributed by atoms with Gasteiger partial charge in [-0.3, -0.25) is 4.68 Å². The van der Waals surface area contributed by atoms with Gasteiger partial charge in [0.25, 0.3) is 0 Å². The Balaban J connectivity index is 2.12. The van der Waals surface area contributed by atoms with Gasteiger partial charge in [-0.1, -0.05) is 0 Å². The van der Waals surface area contributed by atoms with Gasteiger partial charge >= 0.3 is 0 Å². The van der Waals surface area contributed by atoms with E-state index in [-0.39, 0.29) is 0 Å². The predicted molar refractivity (Wildman–Crippen MR) is 72.2 cm³/mol. The summed E-state index contributed by atoms with van der Waals surface area (Å²) in [7, 11) is 1.63. The second-order valence-electron chi connectivity index (χ2n) is 4.20. The van der Waals surface area contributed by atoms with Crippen LogP contribution in [0, 0.1) is 6.92 Å². The minimum Gasteiger partial charge on any atom is -0.496 e. The summed E-state index contributed by atoms with van der Waals surface area (Å²) >= 11 is 1.52. The van der Waals surface area contributed by atoms with Crippen molar-refractivity contribution >= 4 is 11.3 Å². The molecule has 2 aromatic heterocycles. The number of hydrogen-bond acceptors (Lipinski definition) is 4. The first kappa shape index (κ1) is 13.1. The summed E-state index contributed by atoms with van der Waals surface area (Å²) in [5.74, 6) is 0.800. The molecule has 4 nitrogen and oxygen atoms in total. The quantitative estimate of drug-likeness (QED) is 0.904. The number of thiophene rings is 1. The number of aliphatic hydroxyl groups is 1. The van der Waals surface area contributed by atoms with E-state index in [1.807, 2.05) is 29.1 Å². The minimum absolute atomic E-state index is 0.500. The lowest BCUT2D eigenvalue weighted by atomic mass is 10.1. The summed E-state index contributed by atoms with van der Waals surface area (Å²) in [5, 5.41) is 16.5. The molecule has 0 aliphatic heterocycles. The number of aryl methyl sites for hydroxylation is 2. The Kier molecular flexibility index (Phi) is 4.04. The van der Waals surface area contributed by atoms with Gasteiger partial charge in [0, 0.05) is 28.9 Å². The van der Waals surface area contributed by atoms with Gasteiger partial charge in [0.1, 0.15) is 5.75 Å². The molecule has 0 fully saturated rings. The standard InChI is InChI=1S/C13H18N2O2S/c1-4-15-10(5-9(2)14-15)6-12(16)13-7-11(17-3)8-18-13/h5,7-8,12,16H,4,6H2,1-3H3. The zero-order valence-electron chi connectivity index (χ0n) is 10.9. The summed E-state index contributed by atoms with van der Waals surface area (Å²) in [6.45, 7) is 4.84. The van der Waals surface area contributed by atoms with Crippen molar-refractivity contribution in [3.8, 4) is 5.75 Å². The highest BCUT2D eigenvalue weighted by Gasteiger charge is 2.15. The van der Waals surface area contributed by atoms with Gasteiger partial charge in [-0.2, -0.15) is 5.10 Å². The van der Waals surface area contributed by atoms with Crippen LogP contribution in [0.2, 0.25) is 0 Å². The Morgan fingerprint density at radius 2 is 2.28 bits per heavy atom. The van der Waals surface area contributed by atoms with Crippen molar-refractivity contribution < 1.29 is 9.84 Å². The molecule has 2 heterocycles. The molecule has 0 aliphatic rings. The maximum atomic E-state index is 10.2. The Morgan fingerprint density at radius 3 is 2.89 bits per heavy atom. The monoisotopic (exact) mass is 266 g/mol. The minimum atomic E-state index is -0.500. The van der Waals surface area contributed by atoms with Gasteiger partial charge < -0.3 is 9.84 Å². The molecule has 0 bridgehead atoms. The molecule has 98 valence electrons. The van der Waals surface area contributed by atoms with Gasteiger partial charge in [-0.25, -0.2) is 0 Å². The maximum Gasteiger partial charge on any atom is 0.129 e. The van der Waals surface area contributed by atoms with Gasteiger partial charge in [-0.15, -0.1) is 11.3 Å². The maximum absolute atomic E-state index is 10.2. The van der Waals surface area contributed by atoms with Crippen molar-refractivity contribution in [1.82, 2.24) is 9.78 Å². The summed E-state index contributed by atoms with van der Waals surface area (Å²) in [4.78, 5) is 0.924. The number of nitrogens with zero attached hydrogens (tertiary/aromatic N) is 2. The molecule has 2 aromatic rings. The molecule has 18 heavy (non-hydrogen) atoms. The lowest BCUT2D eigenvalue weighted by molar-refractivity contribution is 0.179. The van der Waals surface area contributed by atoms with Crippen LogP contribution >= 0.6 is 11.3 Å². The fourth-order valence-electron chi connectivity index (χ4n) is 1.95. The molecular weight excluding hydrogens is 248 g/mol. The Labute approximate surface area is 111 Å². The molecule has 2 rings (SSSR count). The van der Waals surface area contributed by atoms with Crippen LogP contribution in [0.15, 0.2) is 17.5 Å². The van der Waals surface area contributed by atoms with E-state index in [0.29, 0.717) is 6.42 Å². The van der Waals surface area contributed by atoms with Crippen LogP contribution in [-0.4, -0.2) is 22.0 Å². The van der Waals surface area contributed by atoms with Crippen molar-refractivity contribution in [1.29, 1.82) is 0 Å². The van der Waals surface area contributed by atoms with Crippen molar-refractivity contribution in [3.05, 3.63) is 33.8 Å². The van der Waals surface area contributed by atoms with Crippen LogP contribution in [-0.2, 0) is 13.0 Å². The summed E-state index contributed by atoms with van der Waals surface area (Å²) < 4.78 is 7.06. The van der Waals surface area contributed by atoms with Crippen molar-refractivity contribution in [2.24, 2.45) is 0 Å². The molecule has 0 aliphatic carbocycles. The van der Waals surface area contributed by atoms with E-state index in [9.17, 15) is 5.11 Å². The van der Waals surface area contributed by atoms with E-state index in [2.05, 4.69) is 12.0 Å². The van der Waals surface area contributed by atoms with Crippen LogP contribution in [0.3, 0.4) is 0 Å². The molecular formula is C13H18N2O2S. The Hall–Kier alpha value is -1.33. The van der Waals surface area contributed by atoms with Crippen molar-refractivity contribution in [3.63, 3.8) is 0 Å². The lowest BCUT2D eigenvalue weighted by Gasteiger charge is -2.09. The number of hydrogen-bond donors (Lipinski definition) is 1. The fourth-order valence-corrected chi connectivity index (χ4v) is 2.79. The third-order valence-corrected chi connectivity index (χ3v) is 3.86. The number of methoxy groups -OCH3 is 1. The van der Waals surface area contributed by atoms with E-state index in [0.717, 1.165) is 28.6 Å². The smallest absolute Gasteiger partial charge is 0.129 e. The summed E-state index contributed by atoms with van der Waals surface area (Å²) in [6.07, 6.45) is 0.0820. The fraction of sp³-hybridized carbons (Fsp3) is 0.462. The topological polar surface area (TPSA) is 47.3 Å². The summed E-state index contributed by atoms with van der Waals surface area (Å²) in [5.41, 5.74) is 2.05. The molecule has 0 amide bonds. The second-order valence-corrected chi connectivity index (χ2v) is 5.14. The highest BCUT2D eigenvalue weighted by Crippen LogP contribution is 2.28. The van der Waals surface area contributed by atoms with Crippen LogP contribution in [0.5, 0.6) is 5.75 Å². The van der Waals surface area contributed by atoms with Gasteiger partial charge in [0.05, 0.1) is 18.9 Å². The average molecular weight is 266 g/mol. The largest absolute Gasteiger partial charge is 0.496 e. The van der Waals surface area contributed by atoms with Crippen LogP contribution in [0.4, 0.5) is 0 Å². The molecule has 1 N–H and O–H groups in total. The van der Waals surface area contributed by atoms with Crippen LogP contribution < -0.4 is 4.74 Å². The SMILES string of the molecule is CCn1nc(C)cc1CC(O)c1cc(OC)cs1. The molecule has 1 atom stereocenters. The predicted octanol–water partition coefficient (Wildman–Crippen LogP) is 2.56. The first-order valence-electron chi connectivity index (χ1n) is 5.97. The van der Waals surface area contributed by atoms with E-state index in [4.69, 9.17) is 4.74 Å². The van der Waals surface area contributed by atoms with E-state index >= 15 is 0 Å². The normalized spacial score (nSPS) is 12.7. The molecule has 0 radical (unpaired) electrons. The number of aromatic nitrogens is 2. The molecule has 1 unspecified atom stereocenters. The molecule has 0 aromatic carbocycles. The number of aliphatic hydroxyl groups excluding tert-OH is 1.